The Morgan fingerprint density at radius 2 is 1.96 bits per heavy atom. The van der Waals surface area contributed by atoms with Crippen LogP contribution >= 0.6 is 0 Å². The standard InChI is InChI=1S/C20H25O5S/c1-3-24-20(21)16-6-4-5-15-17(25-10-9-22-2)7-8-18(19(15)16)26-13-11-23-12-14-26/h4-8H,3,9-14H2,1-2H3/q+1. The summed E-state index contributed by atoms with van der Waals surface area (Å²) in [6.07, 6.45) is 0. The molecule has 2 aromatic carbocycles. The van der Waals surface area contributed by atoms with Gasteiger partial charge in [0.2, 0.25) is 0 Å². The molecule has 0 N–H and O–H groups in total. The molecule has 140 valence electrons. The molecule has 26 heavy (non-hydrogen) atoms. The highest BCUT2D eigenvalue weighted by Crippen LogP contribution is 2.35. The first-order valence-electron chi connectivity index (χ1n) is 8.86. The molecule has 2 aromatic rings. The van der Waals surface area contributed by atoms with E-state index >= 15 is 0 Å². The van der Waals surface area contributed by atoms with Gasteiger partial charge >= 0.3 is 5.97 Å². The van der Waals surface area contributed by atoms with Gasteiger partial charge in [-0.3, -0.25) is 0 Å². The van der Waals surface area contributed by atoms with Crippen molar-refractivity contribution in [3.05, 3.63) is 35.9 Å². The van der Waals surface area contributed by atoms with E-state index in [-0.39, 0.29) is 16.9 Å². The molecule has 0 atom stereocenters. The van der Waals surface area contributed by atoms with E-state index in [2.05, 4.69) is 6.07 Å². The maximum absolute atomic E-state index is 12.6. The van der Waals surface area contributed by atoms with Gasteiger partial charge < -0.3 is 18.9 Å². The fraction of sp³-hybridized carbons (Fsp3) is 0.450. The van der Waals surface area contributed by atoms with Crippen LogP contribution < -0.4 is 4.74 Å². The van der Waals surface area contributed by atoms with Crippen LogP contribution in [0.2, 0.25) is 0 Å². The SMILES string of the molecule is CCOC(=O)c1cccc2c(OCCOC)ccc([S+]3CCOCC3)c12. The molecule has 0 bridgehead atoms. The molecule has 6 heteroatoms. The van der Waals surface area contributed by atoms with Gasteiger partial charge in [-0.2, -0.15) is 0 Å². The fourth-order valence-electron chi connectivity index (χ4n) is 3.07. The number of benzene rings is 2. The van der Waals surface area contributed by atoms with Crippen molar-refractivity contribution in [2.45, 2.75) is 11.8 Å². The van der Waals surface area contributed by atoms with Crippen molar-refractivity contribution >= 4 is 27.6 Å². The predicted molar refractivity (Wildman–Crippen MR) is 103 cm³/mol. The van der Waals surface area contributed by atoms with Crippen LogP contribution in [0.4, 0.5) is 0 Å². The van der Waals surface area contributed by atoms with Gasteiger partial charge in [-0.15, -0.1) is 0 Å². The number of hydrogen-bond donors (Lipinski definition) is 0. The Hall–Kier alpha value is -1.76. The second-order valence-electron chi connectivity index (χ2n) is 5.87. The highest BCUT2D eigenvalue weighted by molar-refractivity contribution is 7.97. The number of carbonyl (C=O) groups excluding carboxylic acids is 1. The van der Waals surface area contributed by atoms with Gasteiger partial charge in [0.25, 0.3) is 0 Å². The molecule has 0 spiro atoms. The van der Waals surface area contributed by atoms with E-state index < -0.39 is 0 Å². The van der Waals surface area contributed by atoms with Gasteiger partial charge in [0, 0.05) is 23.4 Å². The minimum atomic E-state index is -0.287. The van der Waals surface area contributed by atoms with Crippen LogP contribution in [0, 0.1) is 0 Å². The number of methoxy groups -OCH3 is 1. The molecule has 3 rings (SSSR count). The number of rotatable bonds is 7. The van der Waals surface area contributed by atoms with Crippen LogP contribution in [0.3, 0.4) is 0 Å². The normalized spacial score (nSPS) is 15.2. The minimum Gasteiger partial charge on any atom is -0.491 e. The lowest BCUT2D eigenvalue weighted by atomic mass is 10.0. The first kappa shape index (κ1) is 19.0. The third-order valence-corrected chi connectivity index (χ3v) is 6.54. The second-order valence-corrected chi connectivity index (χ2v) is 8.11. The molecule has 1 saturated heterocycles. The van der Waals surface area contributed by atoms with Crippen molar-refractivity contribution in [2.75, 3.05) is 51.6 Å². The van der Waals surface area contributed by atoms with Crippen LogP contribution in [0.1, 0.15) is 17.3 Å². The zero-order valence-electron chi connectivity index (χ0n) is 15.3. The lowest BCUT2D eigenvalue weighted by Gasteiger charge is -2.18. The zero-order valence-corrected chi connectivity index (χ0v) is 16.1. The summed E-state index contributed by atoms with van der Waals surface area (Å²) in [5, 5.41) is 1.90. The van der Waals surface area contributed by atoms with E-state index in [9.17, 15) is 4.79 Å². The minimum absolute atomic E-state index is 0.0580. The molecule has 0 aromatic heterocycles. The number of esters is 1. The summed E-state index contributed by atoms with van der Waals surface area (Å²) >= 11 is 0. The third kappa shape index (κ3) is 4.14. The predicted octanol–water partition coefficient (Wildman–Crippen LogP) is 3.05. The van der Waals surface area contributed by atoms with Crippen LogP contribution in [0.5, 0.6) is 5.75 Å². The molecule has 0 unspecified atom stereocenters. The van der Waals surface area contributed by atoms with Crippen molar-refractivity contribution in [1.82, 2.24) is 0 Å². The zero-order chi connectivity index (χ0) is 18.4. The van der Waals surface area contributed by atoms with Gasteiger partial charge in [0.1, 0.15) is 23.9 Å². The fourth-order valence-corrected chi connectivity index (χ4v) is 5.12. The molecular formula is C20H25O5S+. The summed E-state index contributed by atoms with van der Waals surface area (Å²) in [4.78, 5) is 13.8. The van der Waals surface area contributed by atoms with Crippen molar-refractivity contribution < 1.29 is 23.7 Å². The molecule has 0 amide bonds. The maximum Gasteiger partial charge on any atom is 0.338 e. The van der Waals surface area contributed by atoms with Crippen LogP contribution in [0.25, 0.3) is 10.8 Å². The van der Waals surface area contributed by atoms with Gasteiger partial charge in [0.15, 0.2) is 4.90 Å². The Morgan fingerprint density at radius 3 is 2.69 bits per heavy atom. The van der Waals surface area contributed by atoms with Crippen LogP contribution in [0.15, 0.2) is 35.2 Å². The van der Waals surface area contributed by atoms with E-state index in [1.54, 1.807) is 7.11 Å². The monoisotopic (exact) mass is 377 g/mol. The first-order chi connectivity index (χ1) is 12.8. The Bertz CT molecular complexity index is 755. The smallest absolute Gasteiger partial charge is 0.338 e. The van der Waals surface area contributed by atoms with E-state index in [1.165, 1.54) is 4.90 Å². The van der Waals surface area contributed by atoms with Gasteiger partial charge in [0.05, 0.1) is 37.4 Å². The summed E-state index contributed by atoms with van der Waals surface area (Å²) in [7, 11) is 1.71. The third-order valence-electron chi connectivity index (χ3n) is 4.26. The summed E-state index contributed by atoms with van der Waals surface area (Å²) in [5.74, 6) is 2.45. The van der Waals surface area contributed by atoms with Crippen LogP contribution in [-0.2, 0) is 25.1 Å². The second kappa shape index (κ2) is 9.26. The van der Waals surface area contributed by atoms with Gasteiger partial charge in [-0.25, -0.2) is 4.79 Å². The Balaban J connectivity index is 2.10. The molecule has 1 fully saturated rings. The molecule has 1 aliphatic heterocycles. The molecule has 0 aliphatic carbocycles. The summed E-state index contributed by atoms with van der Waals surface area (Å²) in [6, 6.07) is 9.83. The van der Waals surface area contributed by atoms with E-state index in [1.807, 2.05) is 31.2 Å². The Labute approximate surface area is 156 Å². The van der Waals surface area contributed by atoms with Crippen LogP contribution in [-0.4, -0.2) is 57.6 Å². The summed E-state index contributed by atoms with van der Waals surface area (Å²) in [6.45, 7) is 4.69. The maximum atomic E-state index is 12.6. The average molecular weight is 377 g/mol. The van der Waals surface area contributed by atoms with Gasteiger partial charge in [-0.05, 0) is 25.1 Å². The van der Waals surface area contributed by atoms with E-state index in [4.69, 9.17) is 18.9 Å². The first-order valence-corrected chi connectivity index (χ1v) is 10.4. The average Bonchev–Trinajstić information content (AvgIpc) is 2.68. The summed E-state index contributed by atoms with van der Waals surface area (Å²) < 4.78 is 21.8. The quantitative estimate of drug-likeness (QED) is 0.422. The number of carbonyl (C=O) groups is 1. The molecule has 0 saturated carbocycles. The molecule has 1 heterocycles. The largest absolute Gasteiger partial charge is 0.491 e. The Kier molecular flexibility index (Phi) is 6.77. The van der Waals surface area contributed by atoms with Crippen molar-refractivity contribution in [1.29, 1.82) is 0 Å². The molecular weight excluding hydrogens is 352 g/mol. The van der Waals surface area contributed by atoms with Crippen molar-refractivity contribution in [3.8, 4) is 5.75 Å². The topological polar surface area (TPSA) is 54.0 Å². The molecule has 1 aliphatic rings. The summed E-state index contributed by atoms with van der Waals surface area (Å²) in [5.41, 5.74) is 0.607. The number of ether oxygens (including phenoxy) is 4. The van der Waals surface area contributed by atoms with E-state index in [0.29, 0.717) is 25.4 Å². The lowest BCUT2D eigenvalue weighted by molar-refractivity contribution is 0.0528. The van der Waals surface area contributed by atoms with Crippen molar-refractivity contribution in [2.24, 2.45) is 0 Å². The highest BCUT2D eigenvalue weighted by atomic mass is 32.2. The van der Waals surface area contributed by atoms with Crippen molar-refractivity contribution in [3.63, 3.8) is 0 Å². The molecule has 5 nitrogen and oxygen atoms in total. The lowest BCUT2D eigenvalue weighted by Crippen LogP contribution is -2.26. The highest BCUT2D eigenvalue weighted by Gasteiger charge is 2.30. The molecule has 0 radical (unpaired) electrons. The number of hydrogen-bond acceptors (Lipinski definition) is 5. The Morgan fingerprint density at radius 1 is 1.15 bits per heavy atom. The number of fused-ring (bicyclic) bond motifs is 1. The van der Waals surface area contributed by atoms with E-state index in [0.717, 1.165) is 41.2 Å². The van der Waals surface area contributed by atoms with Gasteiger partial charge in [-0.1, -0.05) is 12.1 Å².